The number of hydrogen-bond acceptors (Lipinski definition) is 4. The standard InChI is InChI=1S/C20H20N4O/c21-19(25)20(18-8-2-1-3-9-18,12-16-6-4-10-22-13-16)24-15-17-7-5-11-23-14-17/h1-11,13-14,24H,12,15H2,(H2,21,25). The molecule has 126 valence electrons. The monoisotopic (exact) mass is 332 g/mol. The molecule has 1 unspecified atom stereocenters. The molecular weight excluding hydrogens is 312 g/mol. The minimum atomic E-state index is -1.03. The van der Waals surface area contributed by atoms with Gasteiger partial charge in [0.2, 0.25) is 5.91 Å². The van der Waals surface area contributed by atoms with Gasteiger partial charge >= 0.3 is 0 Å². The maximum atomic E-state index is 12.6. The Hall–Kier alpha value is -3.05. The molecule has 5 heteroatoms. The Morgan fingerprint density at radius 3 is 2.12 bits per heavy atom. The number of pyridine rings is 2. The van der Waals surface area contributed by atoms with Gasteiger partial charge in [0.15, 0.2) is 0 Å². The first kappa shape index (κ1) is 16.8. The Balaban J connectivity index is 1.97. The Labute approximate surface area is 146 Å². The zero-order chi connectivity index (χ0) is 17.5. The van der Waals surface area contributed by atoms with Crippen molar-refractivity contribution in [1.82, 2.24) is 15.3 Å². The van der Waals surface area contributed by atoms with E-state index < -0.39 is 11.4 Å². The minimum absolute atomic E-state index is 0.417. The van der Waals surface area contributed by atoms with Gasteiger partial charge in [-0.05, 0) is 28.8 Å². The van der Waals surface area contributed by atoms with Gasteiger partial charge in [0.25, 0.3) is 0 Å². The lowest BCUT2D eigenvalue weighted by molar-refractivity contribution is -0.125. The number of aromatic nitrogens is 2. The maximum Gasteiger partial charge on any atom is 0.242 e. The molecule has 25 heavy (non-hydrogen) atoms. The second-order valence-corrected chi connectivity index (χ2v) is 5.89. The van der Waals surface area contributed by atoms with E-state index in [0.717, 1.165) is 16.7 Å². The van der Waals surface area contributed by atoms with Crippen molar-refractivity contribution in [2.24, 2.45) is 5.73 Å². The molecule has 3 N–H and O–H groups in total. The van der Waals surface area contributed by atoms with Crippen LogP contribution in [0.1, 0.15) is 16.7 Å². The molecule has 3 rings (SSSR count). The topological polar surface area (TPSA) is 80.9 Å². The first-order valence-corrected chi connectivity index (χ1v) is 8.09. The van der Waals surface area contributed by atoms with Crippen LogP contribution in [-0.2, 0) is 23.3 Å². The average Bonchev–Trinajstić information content (AvgIpc) is 2.67. The van der Waals surface area contributed by atoms with E-state index in [9.17, 15) is 4.79 Å². The number of carbonyl (C=O) groups is 1. The van der Waals surface area contributed by atoms with Crippen molar-refractivity contribution in [3.63, 3.8) is 0 Å². The van der Waals surface area contributed by atoms with Crippen molar-refractivity contribution >= 4 is 5.91 Å². The molecule has 2 heterocycles. The molecule has 0 aliphatic carbocycles. The van der Waals surface area contributed by atoms with Gasteiger partial charge in [0.1, 0.15) is 5.54 Å². The fourth-order valence-corrected chi connectivity index (χ4v) is 2.87. The van der Waals surface area contributed by atoms with Gasteiger partial charge < -0.3 is 5.73 Å². The summed E-state index contributed by atoms with van der Waals surface area (Å²) in [7, 11) is 0. The summed E-state index contributed by atoms with van der Waals surface area (Å²) in [5.41, 5.74) is 7.60. The SMILES string of the molecule is NC(=O)C(Cc1cccnc1)(NCc1cccnc1)c1ccccc1. The Morgan fingerprint density at radius 1 is 0.920 bits per heavy atom. The molecule has 0 saturated heterocycles. The smallest absolute Gasteiger partial charge is 0.242 e. The molecule has 1 aromatic carbocycles. The summed E-state index contributed by atoms with van der Waals surface area (Å²) in [4.78, 5) is 20.8. The van der Waals surface area contributed by atoms with E-state index in [2.05, 4.69) is 15.3 Å². The van der Waals surface area contributed by atoms with Gasteiger partial charge in [-0.3, -0.25) is 20.1 Å². The molecule has 0 aliphatic heterocycles. The van der Waals surface area contributed by atoms with Crippen LogP contribution in [0.15, 0.2) is 79.4 Å². The molecule has 1 amide bonds. The Morgan fingerprint density at radius 2 is 1.56 bits per heavy atom. The molecule has 0 radical (unpaired) electrons. The van der Waals surface area contributed by atoms with E-state index in [4.69, 9.17) is 5.73 Å². The van der Waals surface area contributed by atoms with Crippen LogP contribution in [0.2, 0.25) is 0 Å². The molecule has 1 atom stereocenters. The highest BCUT2D eigenvalue weighted by atomic mass is 16.1. The summed E-state index contributed by atoms with van der Waals surface area (Å²) in [6, 6.07) is 17.2. The second-order valence-electron chi connectivity index (χ2n) is 5.89. The second kappa shape index (κ2) is 7.68. The highest BCUT2D eigenvalue weighted by Gasteiger charge is 2.38. The van der Waals surface area contributed by atoms with Crippen LogP contribution in [0.4, 0.5) is 0 Å². The maximum absolute atomic E-state index is 12.6. The van der Waals surface area contributed by atoms with Crippen LogP contribution in [0.25, 0.3) is 0 Å². The van der Waals surface area contributed by atoms with Crippen LogP contribution in [0.5, 0.6) is 0 Å². The summed E-state index contributed by atoms with van der Waals surface area (Å²) in [5, 5.41) is 3.37. The van der Waals surface area contributed by atoms with E-state index in [0.29, 0.717) is 13.0 Å². The molecule has 3 aromatic rings. The van der Waals surface area contributed by atoms with E-state index >= 15 is 0 Å². The molecule has 2 aromatic heterocycles. The molecular formula is C20H20N4O. The van der Waals surface area contributed by atoms with Crippen molar-refractivity contribution < 1.29 is 4.79 Å². The normalized spacial score (nSPS) is 13.1. The fraction of sp³-hybridized carbons (Fsp3) is 0.150. The Kier molecular flexibility index (Phi) is 5.16. The number of nitrogens with two attached hydrogens (primary N) is 1. The lowest BCUT2D eigenvalue weighted by atomic mass is 9.83. The van der Waals surface area contributed by atoms with Crippen LogP contribution in [-0.4, -0.2) is 15.9 Å². The van der Waals surface area contributed by atoms with Gasteiger partial charge in [0.05, 0.1) is 0 Å². The average molecular weight is 332 g/mol. The predicted octanol–water partition coefficient (Wildman–Crippen LogP) is 2.19. The third kappa shape index (κ3) is 3.89. The molecule has 5 nitrogen and oxygen atoms in total. The quantitative estimate of drug-likeness (QED) is 0.695. The number of amides is 1. The number of primary amides is 1. The molecule has 0 aliphatic rings. The van der Waals surface area contributed by atoms with Crippen LogP contribution in [0.3, 0.4) is 0 Å². The van der Waals surface area contributed by atoms with Crippen LogP contribution >= 0.6 is 0 Å². The summed E-state index contributed by atoms with van der Waals surface area (Å²) in [6.45, 7) is 0.478. The lowest BCUT2D eigenvalue weighted by Crippen LogP contribution is -2.54. The van der Waals surface area contributed by atoms with Crippen molar-refractivity contribution in [1.29, 1.82) is 0 Å². The zero-order valence-corrected chi connectivity index (χ0v) is 13.8. The summed E-state index contributed by atoms with van der Waals surface area (Å²) < 4.78 is 0. The van der Waals surface area contributed by atoms with Crippen LogP contribution in [0, 0.1) is 0 Å². The van der Waals surface area contributed by atoms with E-state index in [1.807, 2.05) is 54.6 Å². The first-order valence-electron chi connectivity index (χ1n) is 8.09. The minimum Gasteiger partial charge on any atom is -0.368 e. The first-order chi connectivity index (χ1) is 12.2. The number of nitrogens with zero attached hydrogens (tertiary/aromatic N) is 2. The third-order valence-corrected chi connectivity index (χ3v) is 4.20. The Bertz CT molecular complexity index is 809. The summed E-state index contributed by atoms with van der Waals surface area (Å²) in [5.74, 6) is -0.425. The third-order valence-electron chi connectivity index (χ3n) is 4.20. The highest BCUT2D eigenvalue weighted by molar-refractivity contribution is 5.86. The predicted molar refractivity (Wildman–Crippen MR) is 96.3 cm³/mol. The number of hydrogen-bond donors (Lipinski definition) is 2. The van der Waals surface area contributed by atoms with Gasteiger partial charge in [0, 0.05) is 37.8 Å². The van der Waals surface area contributed by atoms with Crippen molar-refractivity contribution in [3.8, 4) is 0 Å². The summed E-state index contributed by atoms with van der Waals surface area (Å²) in [6.07, 6.45) is 7.37. The van der Waals surface area contributed by atoms with E-state index in [1.165, 1.54) is 0 Å². The van der Waals surface area contributed by atoms with Gasteiger partial charge in [-0.15, -0.1) is 0 Å². The van der Waals surface area contributed by atoms with E-state index in [-0.39, 0.29) is 0 Å². The van der Waals surface area contributed by atoms with Crippen LogP contribution < -0.4 is 11.1 Å². The van der Waals surface area contributed by atoms with Gasteiger partial charge in [-0.25, -0.2) is 0 Å². The number of rotatable bonds is 7. The molecule has 0 spiro atoms. The largest absolute Gasteiger partial charge is 0.368 e. The molecule has 0 bridgehead atoms. The van der Waals surface area contributed by atoms with Crippen molar-refractivity contribution in [2.45, 2.75) is 18.5 Å². The van der Waals surface area contributed by atoms with Crippen molar-refractivity contribution in [2.75, 3.05) is 0 Å². The summed E-state index contributed by atoms with van der Waals surface area (Å²) >= 11 is 0. The number of carbonyl (C=O) groups excluding carboxylic acids is 1. The zero-order valence-electron chi connectivity index (χ0n) is 13.8. The van der Waals surface area contributed by atoms with Gasteiger partial charge in [-0.2, -0.15) is 0 Å². The lowest BCUT2D eigenvalue weighted by Gasteiger charge is -2.32. The number of benzene rings is 1. The molecule has 0 saturated carbocycles. The van der Waals surface area contributed by atoms with Gasteiger partial charge in [-0.1, -0.05) is 42.5 Å². The van der Waals surface area contributed by atoms with Crippen molar-refractivity contribution in [3.05, 3.63) is 96.1 Å². The van der Waals surface area contributed by atoms with E-state index in [1.54, 1.807) is 24.8 Å². The number of nitrogens with one attached hydrogen (secondary N) is 1. The molecule has 0 fully saturated rings. The highest BCUT2D eigenvalue weighted by Crippen LogP contribution is 2.26. The fourth-order valence-electron chi connectivity index (χ4n) is 2.87.